The second-order valence-electron chi connectivity index (χ2n) is 5.10. The molecule has 0 fully saturated rings. The number of carbonyl (C=O) groups is 1. The van der Waals surface area contributed by atoms with Crippen LogP contribution < -0.4 is 5.32 Å². The molecule has 2 unspecified atom stereocenters. The lowest BCUT2D eigenvalue weighted by atomic mass is 10.0. The van der Waals surface area contributed by atoms with Crippen LogP contribution in [0.5, 0.6) is 0 Å². The molecular formula is C13H28N2O2. The molecule has 0 heterocycles. The van der Waals surface area contributed by atoms with E-state index in [9.17, 15) is 4.79 Å². The lowest BCUT2D eigenvalue weighted by molar-refractivity contribution is -0.139. The van der Waals surface area contributed by atoms with Gasteiger partial charge in [-0.25, -0.2) is 0 Å². The molecule has 2 N–H and O–H groups in total. The molecule has 17 heavy (non-hydrogen) atoms. The molecule has 4 nitrogen and oxygen atoms in total. The van der Waals surface area contributed by atoms with Gasteiger partial charge in [-0.2, -0.15) is 0 Å². The average molecular weight is 244 g/mol. The van der Waals surface area contributed by atoms with Crippen molar-refractivity contribution in [3.8, 4) is 0 Å². The summed E-state index contributed by atoms with van der Waals surface area (Å²) in [6, 6.07) is 0.0624. The third-order valence-electron chi connectivity index (χ3n) is 3.37. The Kier molecular flexibility index (Phi) is 8.17. The largest absolute Gasteiger partial charge is 0.480 e. The molecule has 0 saturated heterocycles. The summed E-state index contributed by atoms with van der Waals surface area (Å²) in [4.78, 5) is 13.3. The summed E-state index contributed by atoms with van der Waals surface area (Å²) in [5.41, 5.74) is 0. The van der Waals surface area contributed by atoms with Gasteiger partial charge in [0, 0.05) is 12.6 Å². The molecule has 102 valence electrons. The second-order valence-corrected chi connectivity index (χ2v) is 5.10. The Hall–Kier alpha value is -0.610. The van der Waals surface area contributed by atoms with Gasteiger partial charge in [0.15, 0.2) is 0 Å². The van der Waals surface area contributed by atoms with Crippen molar-refractivity contribution >= 4 is 5.97 Å². The number of hydrogen-bond acceptors (Lipinski definition) is 3. The fourth-order valence-corrected chi connectivity index (χ4v) is 1.68. The first-order valence-corrected chi connectivity index (χ1v) is 6.56. The summed E-state index contributed by atoms with van der Waals surface area (Å²) in [6.07, 6.45) is 1.62. The Morgan fingerprint density at radius 1 is 1.35 bits per heavy atom. The number of nitrogens with one attached hydrogen (secondary N) is 1. The number of aliphatic carboxylic acids is 1. The summed E-state index contributed by atoms with van der Waals surface area (Å²) in [5, 5.41) is 12.1. The molecule has 0 aliphatic heterocycles. The van der Waals surface area contributed by atoms with Crippen LogP contribution in [0.1, 0.15) is 40.5 Å². The van der Waals surface area contributed by atoms with Crippen LogP contribution in [0.4, 0.5) is 0 Å². The van der Waals surface area contributed by atoms with Crippen LogP contribution in [-0.4, -0.2) is 48.2 Å². The smallest absolute Gasteiger partial charge is 0.320 e. The predicted molar refractivity (Wildman–Crippen MR) is 71.3 cm³/mol. The van der Waals surface area contributed by atoms with Gasteiger partial charge in [-0.1, -0.05) is 20.8 Å². The van der Waals surface area contributed by atoms with Gasteiger partial charge >= 0.3 is 5.97 Å². The van der Waals surface area contributed by atoms with Crippen LogP contribution in [-0.2, 0) is 4.79 Å². The van der Waals surface area contributed by atoms with Crippen LogP contribution in [0.2, 0.25) is 0 Å². The molecule has 4 heteroatoms. The SMILES string of the molecule is CCCNC(CCN(C)C(C)C(C)C)C(=O)O. The van der Waals surface area contributed by atoms with Crippen molar-refractivity contribution < 1.29 is 9.90 Å². The molecule has 0 amide bonds. The summed E-state index contributed by atoms with van der Waals surface area (Å²) < 4.78 is 0. The minimum Gasteiger partial charge on any atom is -0.480 e. The fourth-order valence-electron chi connectivity index (χ4n) is 1.68. The molecule has 0 bridgehead atoms. The zero-order valence-corrected chi connectivity index (χ0v) is 11.9. The fraction of sp³-hybridized carbons (Fsp3) is 0.923. The van der Waals surface area contributed by atoms with E-state index < -0.39 is 12.0 Å². The average Bonchev–Trinajstić information content (AvgIpc) is 2.27. The molecule has 0 aliphatic carbocycles. The van der Waals surface area contributed by atoms with Gasteiger partial charge in [0.25, 0.3) is 0 Å². The molecule has 2 atom stereocenters. The van der Waals surface area contributed by atoms with Gasteiger partial charge in [0.1, 0.15) is 6.04 Å². The van der Waals surface area contributed by atoms with E-state index in [1.54, 1.807) is 0 Å². The first-order valence-electron chi connectivity index (χ1n) is 6.56. The van der Waals surface area contributed by atoms with Crippen LogP contribution in [0.25, 0.3) is 0 Å². The second kappa shape index (κ2) is 8.48. The summed E-state index contributed by atoms with van der Waals surface area (Å²) >= 11 is 0. The van der Waals surface area contributed by atoms with Crippen molar-refractivity contribution in [1.82, 2.24) is 10.2 Å². The minimum atomic E-state index is -0.746. The van der Waals surface area contributed by atoms with Crippen molar-refractivity contribution in [2.24, 2.45) is 5.92 Å². The Bertz CT molecular complexity index is 219. The Balaban J connectivity index is 4.07. The van der Waals surface area contributed by atoms with Crippen LogP contribution in [0, 0.1) is 5.92 Å². The van der Waals surface area contributed by atoms with E-state index >= 15 is 0 Å². The Labute approximate surface area is 105 Å². The summed E-state index contributed by atoms with van der Waals surface area (Å²) in [7, 11) is 2.06. The van der Waals surface area contributed by atoms with E-state index in [-0.39, 0.29) is 0 Å². The highest BCUT2D eigenvalue weighted by Gasteiger charge is 2.19. The lowest BCUT2D eigenvalue weighted by Gasteiger charge is -2.28. The number of carboxylic acids is 1. The maximum absolute atomic E-state index is 11.0. The van der Waals surface area contributed by atoms with Gasteiger partial charge in [0.05, 0.1) is 0 Å². The predicted octanol–water partition coefficient (Wildman–Crippen LogP) is 1.81. The third kappa shape index (κ3) is 6.64. The molecule has 0 aromatic rings. The zero-order valence-electron chi connectivity index (χ0n) is 11.9. The Morgan fingerprint density at radius 2 is 1.94 bits per heavy atom. The van der Waals surface area contributed by atoms with Crippen molar-refractivity contribution in [2.75, 3.05) is 20.1 Å². The number of carboxylic acid groups (broad SMARTS) is 1. The molecule has 0 aromatic carbocycles. The molecule has 0 saturated carbocycles. The van der Waals surface area contributed by atoms with Crippen molar-refractivity contribution in [3.63, 3.8) is 0 Å². The number of rotatable bonds is 9. The minimum absolute atomic E-state index is 0.420. The van der Waals surface area contributed by atoms with Crippen molar-refractivity contribution in [3.05, 3.63) is 0 Å². The highest BCUT2D eigenvalue weighted by Crippen LogP contribution is 2.09. The van der Waals surface area contributed by atoms with E-state index in [2.05, 4.69) is 38.0 Å². The lowest BCUT2D eigenvalue weighted by Crippen LogP contribution is -2.42. The topological polar surface area (TPSA) is 52.6 Å². The molecule has 0 spiro atoms. The highest BCUT2D eigenvalue weighted by molar-refractivity contribution is 5.73. The summed E-state index contributed by atoms with van der Waals surface area (Å²) in [6.45, 7) is 10.2. The first kappa shape index (κ1) is 16.4. The quantitative estimate of drug-likeness (QED) is 0.649. The number of nitrogens with zero attached hydrogens (tertiary/aromatic N) is 1. The Morgan fingerprint density at radius 3 is 2.35 bits per heavy atom. The normalized spacial score (nSPS) is 15.2. The van der Waals surface area contributed by atoms with Crippen LogP contribution in [0.15, 0.2) is 0 Å². The molecular weight excluding hydrogens is 216 g/mol. The maximum Gasteiger partial charge on any atom is 0.320 e. The molecule has 0 aliphatic rings. The molecule has 0 radical (unpaired) electrons. The van der Waals surface area contributed by atoms with Crippen molar-refractivity contribution in [1.29, 1.82) is 0 Å². The standard InChI is InChI=1S/C13H28N2O2/c1-6-8-14-12(13(16)17)7-9-15(5)11(4)10(2)3/h10-12,14H,6-9H2,1-5H3,(H,16,17). The first-order chi connectivity index (χ1) is 7.90. The highest BCUT2D eigenvalue weighted by atomic mass is 16.4. The monoisotopic (exact) mass is 244 g/mol. The van der Waals surface area contributed by atoms with E-state index in [1.165, 1.54) is 0 Å². The molecule has 0 aromatic heterocycles. The van der Waals surface area contributed by atoms with Gasteiger partial charge in [-0.05, 0) is 39.3 Å². The van der Waals surface area contributed by atoms with Gasteiger partial charge < -0.3 is 15.3 Å². The maximum atomic E-state index is 11.0. The third-order valence-corrected chi connectivity index (χ3v) is 3.37. The number of hydrogen-bond donors (Lipinski definition) is 2. The van der Waals surface area contributed by atoms with Gasteiger partial charge in [-0.15, -0.1) is 0 Å². The van der Waals surface area contributed by atoms with E-state index in [1.807, 2.05) is 6.92 Å². The van der Waals surface area contributed by atoms with E-state index in [4.69, 9.17) is 5.11 Å². The van der Waals surface area contributed by atoms with Gasteiger partial charge in [0.2, 0.25) is 0 Å². The van der Waals surface area contributed by atoms with E-state index in [0.29, 0.717) is 18.4 Å². The van der Waals surface area contributed by atoms with Crippen molar-refractivity contribution in [2.45, 2.75) is 52.6 Å². The van der Waals surface area contributed by atoms with Crippen LogP contribution >= 0.6 is 0 Å². The zero-order chi connectivity index (χ0) is 13.4. The molecule has 0 rings (SSSR count). The van der Waals surface area contributed by atoms with E-state index in [0.717, 1.165) is 19.5 Å². The summed E-state index contributed by atoms with van der Waals surface area (Å²) in [5.74, 6) is -0.157. The van der Waals surface area contributed by atoms with Gasteiger partial charge in [-0.3, -0.25) is 4.79 Å². The van der Waals surface area contributed by atoms with Crippen LogP contribution in [0.3, 0.4) is 0 Å².